The minimum absolute atomic E-state index is 0. The molecule has 0 aliphatic heterocycles. The maximum absolute atomic E-state index is 4.35. The van der Waals surface area contributed by atoms with E-state index in [1.54, 1.807) is 6.54 Å². The molecule has 0 saturated carbocycles. The van der Waals surface area contributed by atoms with Crippen LogP contribution in [0, 0.1) is 13.8 Å². The first kappa shape index (κ1) is 29.0. The fraction of sp³-hybridized carbons (Fsp3) is 0.176. The third-order valence-corrected chi connectivity index (χ3v) is 37.5. The van der Waals surface area contributed by atoms with E-state index >= 15 is 0 Å². The Bertz CT molecular complexity index is 1510. The summed E-state index contributed by atoms with van der Waals surface area (Å²) < 4.78 is 3.99. The van der Waals surface area contributed by atoms with Gasteiger partial charge in [0.15, 0.2) is 0 Å². The van der Waals surface area contributed by atoms with Crippen LogP contribution in [0.3, 0.4) is 0 Å². The van der Waals surface area contributed by atoms with Crippen LogP contribution in [0.1, 0.15) is 54.5 Å². The second-order valence-electron chi connectivity index (χ2n) is 11.2. The zero-order valence-corrected chi connectivity index (χ0v) is 28.1. The van der Waals surface area contributed by atoms with Crippen LogP contribution in [0.15, 0.2) is 108 Å². The summed E-state index contributed by atoms with van der Waals surface area (Å²) in [6.07, 6.45) is 5.02. The number of rotatable bonds is 4. The van der Waals surface area contributed by atoms with Crippen LogP contribution in [0.4, 0.5) is 0 Å². The van der Waals surface area contributed by atoms with Crippen LogP contribution < -0.4 is 6.54 Å². The molecule has 0 bridgehead atoms. The third kappa shape index (κ3) is 3.87. The molecule has 0 radical (unpaired) electrons. The molecule has 2 unspecified atom stereocenters. The zero-order valence-electron chi connectivity index (χ0n) is 22.6. The first-order valence-corrected chi connectivity index (χ1v) is 24.3. The molecule has 2 aliphatic carbocycles. The number of fused-ring (bicyclic) bond motifs is 2. The van der Waals surface area contributed by atoms with Gasteiger partial charge in [-0.3, -0.25) is 0 Å². The molecule has 2 aliphatic rings. The van der Waals surface area contributed by atoms with Crippen LogP contribution in [0.5, 0.6) is 0 Å². The van der Waals surface area contributed by atoms with E-state index in [4.69, 9.17) is 0 Å². The molecule has 4 heteroatoms. The van der Waals surface area contributed by atoms with Crippen molar-refractivity contribution in [2.75, 3.05) is 0 Å². The van der Waals surface area contributed by atoms with Crippen molar-refractivity contribution >= 4 is 50.4 Å². The Morgan fingerprint density at radius 3 is 1.24 bits per heavy atom. The van der Waals surface area contributed by atoms with E-state index in [1.165, 1.54) is 44.5 Å². The molecule has 0 N–H and O–H groups in total. The standard InChI is InChI=1S/2C11H11.2C6H5.2ClH.H2Si.Zr/c2*1-8-6-10-5-3-4-9(2)11(10)7-8;2*1-2-4-6-5-3-1;;;;/h2*3-7H,1-2H3;2*1-5H;2*1H;1H2;. The summed E-state index contributed by atoms with van der Waals surface area (Å²) >= 11 is -4.35. The number of halogens is 2. The van der Waals surface area contributed by atoms with Gasteiger partial charge in [-0.15, -0.1) is 24.8 Å². The molecular formula is C34H36Cl2SiZr. The van der Waals surface area contributed by atoms with Crippen molar-refractivity contribution in [2.45, 2.75) is 34.9 Å². The number of hydrogen-bond donors (Lipinski definition) is 0. The largest absolute Gasteiger partial charge is 0.147 e. The normalized spacial score (nSPS) is 17.9. The van der Waals surface area contributed by atoms with Crippen molar-refractivity contribution < 1.29 is 17.4 Å². The molecule has 6 rings (SSSR count). The molecule has 0 amide bonds. The van der Waals surface area contributed by atoms with Crippen molar-refractivity contribution in [3.8, 4) is 0 Å². The molecule has 4 aromatic carbocycles. The summed E-state index contributed by atoms with van der Waals surface area (Å²) in [5.74, 6) is 0. The molecular weight excluding hydrogens is 599 g/mol. The fourth-order valence-corrected chi connectivity index (χ4v) is 37.0. The molecule has 0 saturated heterocycles. The minimum atomic E-state index is -4.35. The molecule has 0 spiro atoms. The van der Waals surface area contributed by atoms with Crippen molar-refractivity contribution in [3.05, 3.63) is 142 Å². The first-order chi connectivity index (χ1) is 17.4. The van der Waals surface area contributed by atoms with E-state index in [0.717, 1.165) is 0 Å². The SMILES string of the molecule is CC1=Cc2c(C)cccc2[CH]1[Zr](=[SiH2])([c]1ccccc1)([c]1ccccc1)[CH]1C(C)=Cc2c(C)cccc21.Cl.Cl. The second-order valence-corrected chi connectivity index (χ2v) is 33.9. The van der Waals surface area contributed by atoms with Crippen molar-refractivity contribution in [2.24, 2.45) is 0 Å². The number of hydrogen-bond acceptors (Lipinski definition) is 0. The van der Waals surface area contributed by atoms with Crippen LogP contribution in [-0.4, -0.2) is 6.88 Å². The van der Waals surface area contributed by atoms with Crippen LogP contribution >= 0.6 is 24.8 Å². The molecule has 2 atom stereocenters. The monoisotopic (exact) mass is 632 g/mol. The maximum Gasteiger partial charge on any atom is -0.147 e. The molecule has 0 heterocycles. The van der Waals surface area contributed by atoms with Gasteiger partial charge in [-0.05, 0) is 0 Å². The third-order valence-electron chi connectivity index (χ3n) is 9.22. The van der Waals surface area contributed by atoms with Gasteiger partial charge in [0, 0.05) is 0 Å². The van der Waals surface area contributed by atoms with E-state index in [-0.39, 0.29) is 24.8 Å². The summed E-state index contributed by atoms with van der Waals surface area (Å²) in [7, 11) is 0. The Kier molecular flexibility index (Phi) is 8.06. The van der Waals surface area contributed by atoms with Gasteiger partial charge < -0.3 is 0 Å². The van der Waals surface area contributed by atoms with Gasteiger partial charge in [0.1, 0.15) is 0 Å². The first-order valence-electron chi connectivity index (χ1n) is 13.0. The summed E-state index contributed by atoms with van der Waals surface area (Å²) in [5.41, 5.74) is 11.8. The predicted octanol–water partition coefficient (Wildman–Crippen LogP) is 7.65. The van der Waals surface area contributed by atoms with Gasteiger partial charge in [0.25, 0.3) is 0 Å². The number of benzene rings is 4. The van der Waals surface area contributed by atoms with E-state index in [1.807, 2.05) is 0 Å². The van der Waals surface area contributed by atoms with Crippen LogP contribution in [0.2, 0.25) is 0 Å². The molecule has 38 heavy (non-hydrogen) atoms. The molecule has 0 fully saturated rings. The molecule has 194 valence electrons. The van der Waals surface area contributed by atoms with Crippen molar-refractivity contribution in [1.82, 2.24) is 0 Å². The Morgan fingerprint density at radius 1 is 0.500 bits per heavy atom. The van der Waals surface area contributed by atoms with Crippen LogP contribution in [0.25, 0.3) is 12.2 Å². The summed E-state index contributed by atoms with van der Waals surface area (Å²) in [5, 5.41) is 0. The van der Waals surface area contributed by atoms with Crippen molar-refractivity contribution in [1.29, 1.82) is 0 Å². The number of allylic oxidation sites excluding steroid dienone is 2. The predicted molar refractivity (Wildman–Crippen MR) is 170 cm³/mol. The summed E-state index contributed by atoms with van der Waals surface area (Å²) in [4.78, 5) is 0. The smallest absolute Gasteiger partial charge is 0.147 e. The minimum Gasteiger partial charge on any atom is -0.147 e. The van der Waals surface area contributed by atoms with Crippen molar-refractivity contribution in [3.63, 3.8) is 0 Å². The van der Waals surface area contributed by atoms with E-state index < -0.39 is 17.4 Å². The average molecular weight is 635 g/mol. The van der Waals surface area contributed by atoms with Gasteiger partial charge in [-0.2, -0.15) is 0 Å². The van der Waals surface area contributed by atoms with E-state index in [0.29, 0.717) is 7.25 Å². The van der Waals surface area contributed by atoms with Gasteiger partial charge >= 0.3 is 220 Å². The average Bonchev–Trinajstić information content (AvgIpc) is 3.43. The summed E-state index contributed by atoms with van der Waals surface area (Å²) in [6.45, 7) is 11.8. The van der Waals surface area contributed by atoms with Gasteiger partial charge in [-0.25, -0.2) is 0 Å². The summed E-state index contributed by atoms with van der Waals surface area (Å²) in [6, 6.07) is 37.3. The van der Waals surface area contributed by atoms with Gasteiger partial charge in [-0.1, -0.05) is 0 Å². The Morgan fingerprint density at radius 2 is 0.868 bits per heavy atom. The second kappa shape index (κ2) is 10.5. The van der Waals surface area contributed by atoms with Gasteiger partial charge in [0.2, 0.25) is 0 Å². The topological polar surface area (TPSA) is 0 Å². The molecule has 4 aromatic rings. The Hall–Kier alpha value is -1.96. The fourth-order valence-electron chi connectivity index (χ4n) is 7.83. The van der Waals surface area contributed by atoms with Crippen LogP contribution in [-0.2, 0) is 17.4 Å². The number of aryl methyl sites for hydroxylation is 2. The quantitative estimate of drug-likeness (QED) is 0.202. The Balaban J connectivity index is 0.00000168. The molecule has 0 aromatic heterocycles. The molecule has 0 nitrogen and oxygen atoms in total. The Labute approximate surface area is 242 Å². The van der Waals surface area contributed by atoms with E-state index in [2.05, 4.69) is 144 Å². The zero-order chi connectivity index (χ0) is 25.1. The van der Waals surface area contributed by atoms with Gasteiger partial charge in [0.05, 0.1) is 0 Å². The van der Waals surface area contributed by atoms with E-state index in [9.17, 15) is 0 Å². The maximum atomic E-state index is 2.51.